The Morgan fingerprint density at radius 2 is 2.10 bits per heavy atom. The largest absolute Gasteiger partial charge is 0.416 e. The number of urea groups is 1. The van der Waals surface area contributed by atoms with Crippen molar-refractivity contribution in [2.75, 3.05) is 32.2 Å². The molecule has 0 unspecified atom stereocenters. The van der Waals surface area contributed by atoms with E-state index in [2.05, 4.69) is 20.6 Å². The molecular formula is C11H17N5O3S. The second-order valence-corrected chi connectivity index (χ2v) is 4.60. The average Bonchev–Trinajstić information content (AvgIpc) is 2.38. The van der Waals surface area contributed by atoms with Crippen LogP contribution in [0.15, 0.2) is 11.2 Å². The third-order valence-electron chi connectivity index (χ3n) is 2.00. The number of hydrogen-bond acceptors (Lipinski definition) is 6. The number of hydrogen-bond donors (Lipinski definition) is 2. The predicted octanol–water partition coefficient (Wildman–Crippen LogP) is 1.40. The summed E-state index contributed by atoms with van der Waals surface area (Å²) in [5.41, 5.74) is 0. The number of anilines is 1. The van der Waals surface area contributed by atoms with Crippen LogP contribution in [0, 0.1) is 0 Å². The van der Waals surface area contributed by atoms with Crippen molar-refractivity contribution in [1.82, 2.24) is 20.2 Å². The van der Waals surface area contributed by atoms with Gasteiger partial charge in [0.15, 0.2) is 5.16 Å². The van der Waals surface area contributed by atoms with Crippen molar-refractivity contribution in [1.29, 1.82) is 0 Å². The molecule has 1 heterocycles. The van der Waals surface area contributed by atoms with Crippen LogP contribution in [0.5, 0.6) is 5.88 Å². The Labute approximate surface area is 121 Å². The van der Waals surface area contributed by atoms with E-state index in [0.29, 0.717) is 11.7 Å². The lowest BCUT2D eigenvalue weighted by Gasteiger charge is -2.11. The third-order valence-corrected chi connectivity index (χ3v) is 2.55. The van der Waals surface area contributed by atoms with Crippen molar-refractivity contribution < 1.29 is 14.3 Å². The maximum atomic E-state index is 11.5. The second kappa shape index (κ2) is 7.53. The van der Waals surface area contributed by atoms with Gasteiger partial charge in [0, 0.05) is 26.7 Å². The van der Waals surface area contributed by atoms with Crippen molar-refractivity contribution in [3.05, 3.63) is 6.07 Å². The van der Waals surface area contributed by atoms with Crippen LogP contribution < -0.4 is 15.4 Å². The number of carbonyl (C=O) groups excluding carboxylic acids is 2. The fourth-order valence-corrected chi connectivity index (χ4v) is 1.48. The molecule has 0 fully saturated rings. The molecular weight excluding hydrogens is 282 g/mol. The fraction of sp³-hybridized carbons (Fsp3) is 0.455. The topological polar surface area (TPSA) is 96.5 Å². The molecule has 2 N–H and O–H groups in total. The van der Waals surface area contributed by atoms with Gasteiger partial charge in [0.2, 0.25) is 5.88 Å². The molecule has 0 saturated heterocycles. The number of carbonyl (C=O) groups is 2. The van der Waals surface area contributed by atoms with Crippen LogP contribution in [-0.2, 0) is 0 Å². The molecule has 0 aliphatic heterocycles. The number of aromatic nitrogens is 2. The average molecular weight is 299 g/mol. The molecule has 110 valence electrons. The van der Waals surface area contributed by atoms with E-state index < -0.39 is 6.09 Å². The van der Waals surface area contributed by atoms with Crippen LogP contribution in [0.1, 0.15) is 6.92 Å². The highest BCUT2D eigenvalue weighted by atomic mass is 32.2. The fourth-order valence-electron chi connectivity index (χ4n) is 1.11. The Bertz CT molecular complexity index is 495. The van der Waals surface area contributed by atoms with Crippen molar-refractivity contribution in [3.8, 4) is 5.88 Å². The summed E-state index contributed by atoms with van der Waals surface area (Å²) in [7, 11) is 3.12. The lowest BCUT2D eigenvalue weighted by atomic mass is 10.5. The van der Waals surface area contributed by atoms with Gasteiger partial charge in [-0.25, -0.2) is 14.6 Å². The first kappa shape index (κ1) is 16.0. The molecule has 1 rings (SSSR count). The lowest BCUT2D eigenvalue weighted by molar-refractivity contribution is 0.169. The Morgan fingerprint density at radius 1 is 1.40 bits per heavy atom. The molecule has 0 saturated carbocycles. The summed E-state index contributed by atoms with van der Waals surface area (Å²) < 4.78 is 5.05. The Balaban J connectivity index is 2.90. The quantitative estimate of drug-likeness (QED) is 0.644. The van der Waals surface area contributed by atoms with Crippen LogP contribution in [-0.4, -0.2) is 53.9 Å². The van der Waals surface area contributed by atoms with E-state index in [1.54, 1.807) is 27.3 Å². The molecule has 0 aromatic carbocycles. The molecule has 1 aromatic heterocycles. The Hall–Kier alpha value is -2.03. The minimum Gasteiger partial charge on any atom is -0.391 e. The molecule has 20 heavy (non-hydrogen) atoms. The van der Waals surface area contributed by atoms with Gasteiger partial charge in [0.05, 0.1) is 0 Å². The first-order valence-corrected chi connectivity index (χ1v) is 7.05. The smallest absolute Gasteiger partial charge is 0.391 e. The molecule has 0 aliphatic carbocycles. The van der Waals surface area contributed by atoms with Gasteiger partial charge in [-0.1, -0.05) is 11.8 Å². The maximum Gasteiger partial charge on any atom is 0.416 e. The van der Waals surface area contributed by atoms with Gasteiger partial charge in [-0.15, -0.1) is 0 Å². The lowest BCUT2D eigenvalue weighted by Crippen LogP contribution is -2.29. The van der Waals surface area contributed by atoms with E-state index in [1.165, 1.54) is 22.7 Å². The van der Waals surface area contributed by atoms with E-state index in [4.69, 9.17) is 4.74 Å². The number of nitrogens with one attached hydrogen (secondary N) is 2. The number of rotatable bonds is 4. The highest BCUT2D eigenvalue weighted by molar-refractivity contribution is 7.98. The summed E-state index contributed by atoms with van der Waals surface area (Å²) in [6.07, 6.45) is 1.22. The highest BCUT2D eigenvalue weighted by Gasteiger charge is 2.12. The minimum atomic E-state index is -0.556. The number of nitrogens with zero attached hydrogens (tertiary/aromatic N) is 3. The minimum absolute atomic E-state index is 0.0786. The molecule has 9 heteroatoms. The van der Waals surface area contributed by atoms with E-state index in [1.807, 2.05) is 0 Å². The molecule has 8 nitrogen and oxygen atoms in total. The molecule has 0 spiro atoms. The van der Waals surface area contributed by atoms with Crippen LogP contribution in [0.3, 0.4) is 0 Å². The molecule has 0 bridgehead atoms. The first-order valence-electron chi connectivity index (χ1n) is 5.83. The van der Waals surface area contributed by atoms with Crippen molar-refractivity contribution >= 4 is 29.7 Å². The Kier molecular flexibility index (Phi) is 6.04. The summed E-state index contributed by atoms with van der Waals surface area (Å²) >= 11 is 1.27. The summed E-state index contributed by atoms with van der Waals surface area (Å²) in [6.45, 7) is 2.30. The van der Waals surface area contributed by atoms with Crippen LogP contribution in [0.25, 0.3) is 0 Å². The summed E-state index contributed by atoms with van der Waals surface area (Å²) in [6, 6.07) is 0.999. The van der Waals surface area contributed by atoms with Crippen LogP contribution in [0.2, 0.25) is 0 Å². The number of ether oxygens (including phenoxy) is 1. The standard InChI is InChI=1S/C11H17N5O3S/c1-5-12-9(17)13-7-6-8(15-10(14-7)20-4)19-11(18)16(2)3/h6H,5H2,1-4H3,(H2,12,13,14,15,17). The van der Waals surface area contributed by atoms with Gasteiger partial charge in [-0.3, -0.25) is 5.32 Å². The molecule has 0 atom stereocenters. The summed E-state index contributed by atoms with van der Waals surface area (Å²) in [5.74, 6) is 0.340. The second-order valence-electron chi connectivity index (χ2n) is 3.82. The first-order chi connectivity index (χ1) is 9.46. The zero-order chi connectivity index (χ0) is 15.1. The third kappa shape index (κ3) is 4.92. The monoisotopic (exact) mass is 299 g/mol. The summed E-state index contributed by atoms with van der Waals surface area (Å²) in [5, 5.41) is 5.51. The molecule has 0 radical (unpaired) electrons. The van der Waals surface area contributed by atoms with Gasteiger partial charge >= 0.3 is 12.1 Å². The zero-order valence-electron chi connectivity index (χ0n) is 11.8. The maximum absolute atomic E-state index is 11.5. The van der Waals surface area contributed by atoms with E-state index >= 15 is 0 Å². The normalized spacial score (nSPS) is 9.80. The Morgan fingerprint density at radius 3 is 2.65 bits per heavy atom. The molecule has 0 aliphatic rings. The van der Waals surface area contributed by atoms with Gasteiger partial charge < -0.3 is 15.0 Å². The van der Waals surface area contributed by atoms with Gasteiger partial charge in [0.25, 0.3) is 0 Å². The van der Waals surface area contributed by atoms with E-state index in [0.717, 1.165) is 0 Å². The molecule has 3 amide bonds. The zero-order valence-corrected chi connectivity index (χ0v) is 12.6. The summed E-state index contributed by atoms with van der Waals surface area (Å²) in [4.78, 5) is 32.3. The van der Waals surface area contributed by atoms with E-state index in [-0.39, 0.29) is 17.7 Å². The van der Waals surface area contributed by atoms with Gasteiger partial charge in [-0.05, 0) is 13.2 Å². The van der Waals surface area contributed by atoms with E-state index in [9.17, 15) is 9.59 Å². The predicted molar refractivity (Wildman–Crippen MR) is 76.2 cm³/mol. The molecule has 1 aromatic rings. The SMILES string of the molecule is CCNC(=O)Nc1cc(OC(=O)N(C)C)nc(SC)n1. The van der Waals surface area contributed by atoms with Crippen LogP contribution >= 0.6 is 11.8 Å². The van der Waals surface area contributed by atoms with Gasteiger partial charge in [-0.2, -0.15) is 4.98 Å². The highest BCUT2D eigenvalue weighted by Crippen LogP contribution is 2.19. The van der Waals surface area contributed by atoms with Gasteiger partial charge in [0.1, 0.15) is 5.82 Å². The van der Waals surface area contributed by atoms with Crippen molar-refractivity contribution in [2.45, 2.75) is 12.1 Å². The number of thioether (sulfide) groups is 1. The van der Waals surface area contributed by atoms with Crippen LogP contribution in [0.4, 0.5) is 15.4 Å². The number of amides is 3. The van der Waals surface area contributed by atoms with Crippen molar-refractivity contribution in [2.24, 2.45) is 0 Å². The van der Waals surface area contributed by atoms with Crippen molar-refractivity contribution in [3.63, 3.8) is 0 Å².